The summed E-state index contributed by atoms with van der Waals surface area (Å²) < 4.78 is 1.74. The molecule has 94 valence electrons. The number of aromatic nitrogens is 1. The maximum absolute atomic E-state index is 11.9. The van der Waals surface area contributed by atoms with Crippen molar-refractivity contribution in [2.24, 2.45) is 5.73 Å². The fourth-order valence-corrected chi connectivity index (χ4v) is 2.25. The Morgan fingerprint density at radius 2 is 1.94 bits per heavy atom. The minimum absolute atomic E-state index is 0.177. The maximum Gasteiger partial charge on any atom is 0.253 e. The zero-order valence-corrected chi connectivity index (χ0v) is 12.3. The highest BCUT2D eigenvalue weighted by atomic mass is 79.9. The second kappa shape index (κ2) is 5.11. The molecule has 2 amide bonds. The summed E-state index contributed by atoms with van der Waals surface area (Å²) in [7, 11) is 0. The van der Waals surface area contributed by atoms with Crippen LogP contribution in [-0.4, -0.2) is 23.3 Å². The molecule has 0 aliphatic carbocycles. The SMILES string of the molecule is NC(=O)CNC(=O)c1c[nH]c2cc(Br)c(Br)cc12. The van der Waals surface area contributed by atoms with Crippen LogP contribution in [-0.2, 0) is 4.79 Å². The van der Waals surface area contributed by atoms with E-state index in [4.69, 9.17) is 5.73 Å². The van der Waals surface area contributed by atoms with Crippen molar-refractivity contribution in [3.05, 3.63) is 32.8 Å². The molecular formula is C11H9Br2N3O2. The molecule has 0 unspecified atom stereocenters. The smallest absolute Gasteiger partial charge is 0.253 e. The Balaban J connectivity index is 2.37. The summed E-state index contributed by atoms with van der Waals surface area (Å²) in [5, 5.41) is 3.22. The summed E-state index contributed by atoms with van der Waals surface area (Å²) in [5.41, 5.74) is 6.28. The van der Waals surface area contributed by atoms with Crippen LogP contribution in [0.2, 0.25) is 0 Å². The zero-order valence-electron chi connectivity index (χ0n) is 9.09. The maximum atomic E-state index is 11.9. The number of primary amides is 1. The quantitative estimate of drug-likeness (QED) is 0.766. The van der Waals surface area contributed by atoms with Gasteiger partial charge in [-0.3, -0.25) is 9.59 Å². The number of hydrogen-bond donors (Lipinski definition) is 3. The van der Waals surface area contributed by atoms with Gasteiger partial charge in [0.25, 0.3) is 5.91 Å². The lowest BCUT2D eigenvalue weighted by atomic mass is 10.1. The molecule has 2 aromatic rings. The van der Waals surface area contributed by atoms with E-state index in [9.17, 15) is 9.59 Å². The molecule has 0 atom stereocenters. The second-order valence-corrected chi connectivity index (χ2v) is 5.37. The number of amides is 2. The molecule has 4 N–H and O–H groups in total. The summed E-state index contributed by atoms with van der Waals surface area (Å²) in [6.07, 6.45) is 1.60. The van der Waals surface area contributed by atoms with Gasteiger partial charge < -0.3 is 16.0 Å². The first-order valence-corrected chi connectivity index (χ1v) is 6.60. The molecule has 0 radical (unpaired) electrons. The highest BCUT2D eigenvalue weighted by molar-refractivity contribution is 9.13. The summed E-state index contributed by atoms with van der Waals surface area (Å²) in [6, 6.07) is 3.69. The molecular weight excluding hydrogens is 366 g/mol. The van der Waals surface area contributed by atoms with Gasteiger partial charge in [0.1, 0.15) is 0 Å². The molecule has 0 fully saturated rings. The molecule has 0 spiro atoms. The number of aromatic amines is 1. The predicted molar refractivity (Wildman–Crippen MR) is 75.2 cm³/mol. The first kappa shape index (κ1) is 13.1. The average Bonchev–Trinajstić information content (AvgIpc) is 2.69. The number of benzene rings is 1. The van der Waals surface area contributed by atoms with E-state index in [2.05, 4.69) is 42.2 Å². The molecule has 5 nitrogen and oxygen atoms in total. The van der Waals surface area contributed by atoms with Gasteiger partial charge in [0.2, 0.25) is 5.91 Å². The fourth-order valence-electron chi connectivity index (χ4n) is 1.57. The van der Waals surface area contributed by atoms with Gasteiger partial charge in [-0.1, -0.05) is 0 Å². The van der Waals surface area contributed by atoms with Gasteiger partial charge in [-0.05, 0) is 44.0 Å². The van der Waals surface area contributed by atoms with Crippen molar-refractivity contribution in [2.75, 3.05) is 6.54 Å². The Morgan fingerprint density at radius 1 is 1.28 bits per heavy atom. The summed E-state index contributed by atoms with van der Waals surface area (Å²) in [4.78, 5) is 25.5. The van der Waals surface area contributed by atoms with Crippen molar-refractivity contribution in [3.63, 3.8) is 0 Å². The molecule has 1 aromatic carbocycles. The Hall–Kier alpha value is -1.34. The minimum Gasteiger partial charge on any atom is -0.368 e. The van der Waals surface area contributed by atoms with Crippen molar-refractivity contribution in [1.29, 1.82) is 0 Å². The molecule has 1 heterocycles. The Morgan fingerprint density at radius 3 is 2.61 bits per heavy atom. The molecule has 0 aliphatic rings. The molecule has 0 saturated carbocycles. The van der Waals surface area contributed by atoms with E-state index in [1.54, 1.807) is 6.20 Å². The zero-order chi connectivity index (χ0) is 13.3. The van der Waals surface area contributed by atoms with Crippen molar-refractivity contribution in [3.8, 4) is 0 Å². The number of rotatable bonds is 3. The van der Waals surface area contributed by atoms with E-state index in [0.717, 1.165) is 19.8 Å². The van der Waals surface area contributed by atoms with Crippen molar-refractivity contribution < 1.29 is 9.59 Å². The van der Waals surface area contributed by atoms with Crippen LogP contribution in [0.1, 0.15) is 10.4 Å². The first-order valence-electron chi connectivity index (χ1n) is 5.01. The van der Waals surface area contributed by atoms with Crippen LogP contribution >= 0.6 is 31.9 Å². The Bertz CT molecular complexity index is 636. The normalized spacial score (nSPS) is 10.6. The summed E-state index contributed by atoms with van der Waals surface area (Å²) >= 11 is 6.76. The lowest BCUT2D eigenvalue weighted by molar-refractivity contribution is -0.117. The number of H-pyrrole nitrogens is 1. The van der Waals surface area contributed by atoms with E-state index in [0.29, 0.717) is 5.56 Å². The van der Waals surface area contributed by atoms with Crippen LogP contribution in [0.5, 0.6) is 0 Å². The molecule has 2 rings (SSSR count). The number of carbonyl (C=O) groups is 2. The van der Waals surface area contributed by atoms with Crippen LogP contribution in [0.4, 0.5) is 0 Å². The van der Waals surface area contributed by atoms with Crippen molar-refractivity contribution in [1.82, 2.24) is 10.3 Å². The number of carbonyl (C=O) groups excluding carboxylic acids is 2. The highest BCUT2D eigenvalue weighted by Crippen LogP contribution is 2.29. The van der Waals surface area contributed by atoms with Gasteiger partial charge in [-0.15, -0.1) is 0 Å². The van der Waals surface area contributed by atoms with E-state index in [-0.39, 0.29) is 12.5 Å². The lowest BCUT2D eigenvalue weighted by Gasteiger charge is -2.02. The standard InChI is InChI=1S/C11H9Br2N3O2/c12-7-1-5-6(11(18)16-4-10(14)17)3-15-9(5)2-8(7)13/h1-3,15H,4H2,(H2,14,17)(H,16,18). The largest absolute Gasteiger partial charge is 0.368 e. The molecule has 1 aromatic heterocycles. The Kier molecular flexibility index (Phi) is 3.72. The topological polar surface area (TPSA) is 88.0 Å². The number of fused-ring (bicyclic) bond motifs is 1. The molecule has 0 saturated heterocycles. The van der Waals surface area contributed by atoms with Crippen LogP contribution < -0.4 is 11.1 Å². The first-order chi connectivity index (χ1) is 8.49. The molecule has 18 heavy (non-hydrogen) atoms. The van der Waals surface area contributed by atoms with Crippen LogP contribution in [0.15, 0.2) is 27.3 Å². The van der Waals surface area contributed by atoms with Gasteiger partial charge in [0.15, 0.2) is 0 Å². The van der Waals surface area contributed by atoms with E-state index >= 15 is 0 Å². The van der Waals surface area contributed by atoms with Gasteiger partial charge >= 0.3 is 0 Å². The highest BCUT2D eigenvalue weighted by Gasteiger charge is 2.13. The fraction of sp³-hybridized carbons (Fsp3) is 0.0909. The third-order valence-corrected chi connectivity index (χ3v) is 4.23. The predicted octanol–water partition coefficient (Wildman–Crippen LogP) is 1.91. The molecule has 0 aliphatic heterocycles. The van der Waals surface area contributed by atoms with Gasteiger partial charge in [-0.25, -0.2) is 0 Å². The molecule has 7 heteroatoms. The minimum atomic E-state index is -0.577. The molecule has 0 bridgehead atoms. The monoisotopic (exact) mass is 373 g/mol. The van der Waals surface area contributed by atoms with E-state index in [1.807, 2.05) is 12.1 Å². The van der Waals surface area contributed by atoms with Gasteiger partial charge in [0.05, 0.1) is 12.1 Å². The van der Waals surface area contributed by atoms with Crippen LogP contribution in [0, 0.1) is 0 Å². The number of nitrogens with two attached hydrogens (primary N) is 1. The van der Waals surface area contributed by atoms with E-state index < -0.39 is 5.91 Å². The van der Waals surface area contributed by atoms with Crippen molar-refractivity contribution in [2.45, 2.75) is 0 Å². The number of nitrogens with one attached hydrogen (secondary N) is 2. The van der Waals surface area contributed by atoms with Crippen LogP contribution in [0.3, 0.4) is 0 Å². The van der Waals surface area contributed by atoms with Gasteiger partial charge in [-0.2, -0.15) is 0 Å². The summed E-state index contributed by atoms with van der Waals surface area (Å²) in [5.74, 6) is -0.915. The number of hydrogen-bond acceptors (Lipinski definition) is 2. The number of halogens is 2. The lowest BCUT2D eigenvalue weighted by Crippen LogP contribution is -2.33. The summed E-state index contributed by atoms with van der Waals surface area (Å²) in [6.45, 7) is -0.177. The van der Waals surface area contributed by atoms with Crippen molar-refractivity contribution >= 4 is 54.6 Å². The second-order valence-electron chi connectivity index (χ2n) is 3.66. The third-order valence-electron chi connectivity index (χ3n) is 2.39. The van der Waals surface area contributed by atoms with E-state index in [1.165, 1.54) is 0 Å². The average molecular weight is 375 g/mol. The Labute approximate surface area is 119 Å². The van der Waals surface area contributed by atoms with Crippen LogP contribution in [0.25, 0.3) is 10.9 Å². The third kappa shape index (κ3) is 2.56. The van der Waals surface area contributed by atoms with Gasteiger partial charge in [0, 0.05) is 26.0 Å².